The first-order valence-corrected chi connectivity index (χ1v) is 6.53. The van der Waals surface area contributed by atoms with Gasteiger partial charge in [0.1, 0.15) is 5.75 Å². The number of rotatable bonds is 4. The van der Waals surface area contributed by atoms with E-state index in [1.807, 2.05) is 17.5 Å². The van der Waals surface area contributed by atoms with Crippen LogP contribution in [0.4, 0.5) is 8.78 Å². The lowest BCUT2D eigenvalue weighted by Crippen LogP contribution is -2.01. The van der Waals surface area contributed by atoms with E-state index in [1.165, 1.54) is 23.5 Å². The van der Waals surface area contributed by atoms with Gasteiger partial charge in [-0.05, 0) is 29.6 Å². The zero-order valence-electron chi connectivity index (χ0n) is 9.99. The van der Waals surface area contributed by atoms with Crippen LogP contribution in [0.25, 0.3) is 22.2 Å². The van der Waals surface area contributed by atoms with Crippen LogP contribution >= 0.6 is 11.3 Å². The molecule has 0 saturated heterocycles. The Morgan fingerprint density at radius 2 is 1.95 bits per heavy atom. The summed E-state index contributed by atoms with van der Waals surface area (Å²) in [6, 6.07) is 9.87. The smallest absolute Gasteiger partial charge is 0.387 e. The number of hydrogen-bond acceptors (Lipinski definition) is 5. The SMILES string of the molecule is FC(F)Oc1cccc(-c2nnc(-c3cccs3)o2)c1. The molecule has 0 bridgehead atoms. The van der Waals surface area contributed by atoms with Gasteiger partial charge in [0.2, 0.25) is 5.89 Å². The Morgan fingerprint density at radius 3 is 2.70 bits per heavy atom. The number of halogens is 2. The number of aromatic nitrogens is 2. The molecule has 0 aliphatic heterocycles. The van der Waals surface area contributed by atoms with Crippen molar-refractivity contribution in [3.63, 3.8) is 0 Å². The summed E-state index contributed by atoms with van der Waals surface area (Å²) >= 11 is 1.48. The van der Waals surface area contributed by atoms with Crippen molar-refractivity contribution in [1.82, 2.24) is 10.2 Å². The zero-order chi connectivity index (χ0) is 13.9. The van der Waals surface area contributed by atoms with Gasteiger partial charge in [0.05, 0.1) is 4.88 Å². The zero-order valence-corrected chi connectivity index (χ0v) is 10.8. The molecule has 102 valence electrons. The van der Waals surface area contributed by atoms with Gasteiger partial charge in [-0.1, -0.05) is 12.1 Å². The van der Waals surface area contributed by atoms with Crippen molar-refractivity contribution in [1.29, 1.82) is 0 Å². The van der Waals surface area contributed by atoms with Crippen LogP contribution < -0.4 is 4.74 Å². The van der Waals surface area contributed by atoms with Gasteiger partial charge < -0.3 is 9.15 Å². The topological polar surface area (TPSA) is 48.2 Å². The number of ether oxygens (including phenoxy) is 1. The Bertz CT molecular complexity index is 698. The minimum absolute atomic E-state index is 0.0494. The fraction of sp³-hybridized carbons (Fsp3) is 0.0769. The highest BCUT2D eigenvalue weighted by Crippen LogP contribution is 2.28. The molecule has 3 rings (SSSR count). The van der Waals surface area contributed by atoms with Crippen molar-refractivity contribution in [2.75, 3.05) is 0 Å². The van der Waals surface area contributed by atoms with Crippen molar-refractivity contribution in [2.24, 2.45) is 0 Å². The van der Waals surface area contributed by atoms with Crippen LogP contribution in [-0.4, -0.2) is 16.8 Å². The summed E-state index contributed by atoms with van der Waals surface area (Å²) in [4.78, 5) is 0.851. The highest BCUT2D eigenvalue weighted by atomic mass is 32.1. The van der Waals surface area contributed by atoms with Crippen molar-refractivity contribution in [3.05, 3.63) is 41.8 Å². The van der Waals surface area contributed by atoms with Gasteiger partial charge in [-0.25, -0.2) is 0 Å². The molecule has 20 heavy (non-hydrogen) atoms. The maximum absolute atomic E-state index is 12.2. The van der Waals surface area contributed by atoms with E-state index in [0.29, 0.717) is 11.5 Å². The Labute approximate surface area is 116 Å². The standard InChI is InChI=1S/C13H8F2N2O2S/c14-13(15)18-9-4-1-3-8(7-9)11-16-17-12(19-11)10-5-2-6-20-10/h1-7,13H. The largest absolute Gasteiger partial charge is 0.435 e. The Kier molecular flexibility index (Phi) is 3.42. The maximum atomic E-state index is 12.2. The molecule has 0 amide bonds. The molecule has 0 aliphatic carbocycles. The highest BCUT2D eigenvalue weighted by molar-refractivity contribution is 7.13. The molecular formula is C13H8F2N2O2S. The lowest BCUT2D eigenvalue weighted by molar-refractivity contribution is -0.0498. The summed E-state index contributed by atoms with van der Waals surface area (Å²) in [5.41, 5.74) is 0.526. The fourth-order valence-corrected chi connectivity index (χ4v) is 2.29. The molecule has 2 heterocycles. The summed E-state index contributed by atoms with van der Waals surface area (Å²) in [7, 11) is 0. The molecule has 0 fully saturated rings. The summed E-state index contributed by atoms with van der Waals surface area (Å²) in [5, 5.41) is 9.74. The van der Waals surface area contributed by atoms with Crippen molar-refractivity contribution < 1.29 is 17.9 Å². The predicted octanol–water partition coefficient (Wildman–Crippen LogP) is 4.07. The van der Waals surface area contributed by atoms with E-state index < -0.39 is 6.61 Å². The molecule has 1 aromatic carbocycles. The van der Waals surface area contributed by atoms with Crippen LogP contribution in [-0.2, 0) is 0 Å². The van der Waals surface area contributed by atoms with Crippen LogP contribution in [0.15, 0.2) is 46.2 Å². The number of nitrogens with zero attached hydrogens (tertiary/aromatic N) is 2. The van der Waals surface area contributed by atoms with E-state index in [0.717, 1.165) is 4.88 Å². The normalized spacial score (nSPS) is 10.9. The number of alkyl halides is 2. The molecule has 3 aromatic rings. The minimum atomic E-state index is -2.87. The maximum Gasteiger partial charge on any atom is 0.387 e. The summed E-state index contributed by atoms with van der Waals surface area (Å²) < 4.78 is 34.2. The van der Waals surface area contributed by atoms with E-state index in [1.54, 1.807) is 12.1 Å². The molecule has 0 spiro atoms. The third kappa shape index (κ3) is 2.67. The van der Waals surface area contributed by atoms with Gasteiger partial charge in [0.15, 0.2) is 0 Å². The van der Waals surface area contributed by atoms with Gasteiger partial charge in [-0.2, -0.15) is 8.78 Å². The van der Waals surface area contributed by atoms with Crippen LogP contribution in [0.3, 0.4) is 0 Å². The molecule has 0 N–H and O–H groups in total. The Hall–Kier alpha value is -2.28. The molecule has 0 aliphatic rings. The molecule has 0 unspecified atom stereocenters. The average Bonchev–Trinajstić information content (AvgIpc) is 3.09. The highest BCUT2D eigenvalue weighted by Gasteiger charge is 2.12. The molecule has 0 atom stereocenters. The van der Waals surface area contributed by atoms with E-state index in [9.17, 15) is 8.78 Å². The quantitative estimate of drug-likeness (QED) is 0.728. The molecule has 4 nitrogen and oxygen atoms in total. The summed E-state index contributed by atoms with van der Waals surface area (Å²) in [6.07, 6.45) is 0. The van der Waals surface area contributed by atoms with E-state index in [2.05, 4.69) is 14.9 Å². The number of benzene rings is 1. The van der Waals surface area contributed by atoms with E-state index in [4.69, 9.17) is 4.42 Å². The van der Waals surface area contributed by atoms with Crippen molar-refractivity contribution in [2.45, 2.75) is 6.61 Å². The summed E-state index contributed by atoms with van der Waals surface area (Å²) in [6.45, 7) is -2.87. The van der Waals surface area contributed by atoms with Gasteiger partial charge in [-0.15, -0.1) is 21.5 Å². The first-order chi connectivity index (χ1) is 9.72. The Morgan fingerprint density at radius 1 is 1.10 bits per heavy atom. The van der Waals surface area contributed by atoms with Crippen LogP contribution in [0.5, 0.6) is 5.75 Å². The van der Waals surface area contributed by atoms with Crippen LogP contribution in [0, 0.1) is 0 Å². The molecule has 0 radical (unpaired) electrons. The first-order valence-electron chi connectivity index (χ1n) is 5.65. The second-order valence-electron chi connectivity index (χ2n) is 3.80. The Balaban J connectivity index is 1.89. The van der Waals surface area contributed by atoms with Gasteiger partial charge >= 0.3 is 6.61 Å². The lowest BCUT2D eigenvalue weighted by atomic mass is 10.2. The van der Waals surface area contributed by atoms with Gasteiger partial charge in [0.25, 0.3) is 5.89 Å². The molecular weight excluding hydrogens is 286 g/mol. The minimum Gasteiger partial charge on any atom is -0.435 e. The second kappa shape index (κ2) is 5.38. The molecule has 0 saturated carbocycles. The van der Waals surface area contributed by atoms with E-state index in [-0.39, 0.29) is 11.6 Å². The number of thiophene rings is 1. The monoisotopic (exact) mass is 294 g/mol. The van der Waals surface area contributed by atoms with Gasteiger partial charge in [-0.3, -0.25) is 0 Å². The first kappa shape index (κ1) is 12.7. The second-order valence-corrected chi connectivity index (χ2v) is 4.74. The lowest BCUT2D eigenvalue weighted by Gasteiger charge is -2.04. The van der Waals surface area contributed by atoms with Gasteiger partial charge in [0, 0.05) is 5.56 Å². The predicted molar refractivity (Wildman–Crippen MR) is 69.7 cm³/mol. The average molecular weight is 294 g/mol. The molecule has 2 aromatic heterocycles. The fourth-order valence-electron chi connectivity index (χ4n) is 1.65. The van der Waals surface area contributed by atoms with Crippen molar-refractivity contribution in [3.8, 4) is 28.0 Å². The van der Waals surface area contributed by atoms with Crippen LogP contribution in [0.1, 0.15) is 0 Å². The van der Waals surface area contributed by atoms with Crippen molar-refractivity contribution >= 4 is 11.3 Å². The van der Waals surface area contributed by atoms with E-state index >= 15 is 0 Å². The summed E-state index contributed by atoms with van der Waals surface area (Å²) in [5.74, 6) is 0.705. The number of hydrogen-bond donors (Lipinski definition) is 0. The van der Waals surface area contributed by atoms with Crippen LogP contribution in [0.2, 0.25) is 0 Å². The molecule has 7 heteroatoms. The third-order valence-corrected chi connectivity index (χ3v) is 3.32. The third-order valence-electron chi connectivity index (χ3n) is 2.46.